The highest BCUT2D eigenvalue weighted by Gasteiger charge is 2.35. The second-order valence-electron chi connectivity index (χ2n) is 4.48. The van der Waals surface area contributed by atoms with Gasteiger partial charge in [-0.2, -0.15) is 0 Å². The first-order valence-corrected chi connectivity index (χ1v) is 7.85. The van der Waals surface area contributed by atoms with Crippen molar-refractivity contribution in [3.63, 3.8) is 0 Å². The van der Waals surface area contributed by atoms with E-state index in [0.717, 1.165) is 16.7 Å². The Morgan fingerprint density at radius 2 is 1.86 bits per heavy atom. The summed E-state index contributed by atoms with van der Waals surface area (Å²) in [5, 5.41) is 0.474. The zero-order chi connectivity index (χ0) is 15.7. The molecule has 3 rings (SSSR count). The molecule has 1 saturated heterocycles. The number of amides is 2. The van der Waals surface area contributed by atoms with E-state index < -0.39 is 0 Å². The minimum atomic E-state index is -0.387. The fourth-order valence-electron chi connectivity index (χ4n) is 1.98. The molecule has 1 aromatic carbocycles. The topological polar surface area (TPSA) is 50.5 Å². The molecule has 0 spiro atoms. The predicted molar refractivity (Wildman–Crippen MR) is 86.7 cm³/mol. The Balaban J connectivity index is 1.86. The molecule has 2 heterocycles. The maximum Gasteiger partial charge on any atom is 0.293 e. The highest BCUT2D eigenvalue weighted by Crippen LogP contribution is 2.35. The van der Waals surface area contributed by atoms with Crippen molar-refractivity contribution >= 4 is 52.2 Å². The lowest BCUT2D eigenvalue weighted by molar-refractivity contribution is -0.123. The van der Waals surface area contributed by atoms with Crippen molar-refractivity contribution < 1.29 is 14.0 Å². The van der Waals surface area contributed by atoms with Crippen LogP contribution in [0.4, 0.5) is 4.79 Å². The van der Waals surface area contributed by atoms with Crippen LogP contribution in [0.1, 0.15) is 11.3 Å². The molecule has 0 saturated carbocycles. The van der Waals surface area contributed by atoms with Gasteiger partial charge in [0.05, 0.1) is 17.7 Å². The Bertz CT molecular complexity index is 751. The van der Waals surface area contributed by atoms with Crippen LogP contribution in [0.15, 0.2) is 45.9 Å². The summed E-state index contributed by atoms with van der Waals surface area (Å²) >= 11 is 13.0. The smallest absolute Gasteiger partial charge is 0.293 e. The highest BCUT2D eigenvalue weighted by atomic mass is 35.5. The number of imide groups is 1. The molecule has 0 aliphatic carbocycles. The number of rotatable bonds is 3. The minimum Gasteiger partial charge on any atom is -0.465 e. The maximum absolute atomic E-state index is 12.4. The zero-order valence-electron chi connectivity index (χ0n) is 11.1. The first-order valence-electron chi connectivity index (χ1n) is 6.28. The van der Waals surface area contributed by atoms with Crippen molar-refractivity contribution in [3.8, 4) is 0 Å². The Kier molecular flexibility index (Phi) is 4.29. The average molecular weight is 354 g/mol. The van der Waals surface area contributed by atoms with Gasteiger partial charge in [0.1, 0.15) is 5.76 Å². The number of thioether (sulfide) groups is 1. The molecule has 1 aliphatic heterocycles. The van der Waals surface area contributed by atoms with Crippen molar-refractivity contribution in [3.05, 3.63) is 62.9 Å². The van der Waals surface area contributed by atoms with Gasteiger partial charge in [-0.1, -0.05) is 29.3 Å². The van der Waals surface area contributed by atoms with E-state index in [4.69, 9.17) is 27.6 Å². The van der Waals surface area contributed by atoms with Gasteiger partial charge in [-0.05, 0) is 36.0 Å². The molecule has 2 aromatic rings. The maximum atomic E-state index is 12.4. The number of carbonyl (C=O) groups is 2. The summed E-state index contributed by atoms with van der Waals surface area (Å²) in [7, 11) is 0. The van der Waals surface area contributed by atoms with Gasteiger partial charge in [0.25, 0.3) is 11.1 Å². The second kappa shape index (κ2) is 6.20. The number of furan rings is 1. The van der Waals surface area contributed by atoms with Gasteiger partial charge in [0.15, 0.2) is 0 Å². The van der Waals surface area contributed by atoms with Crippen LogP contribution in [0.5, 0.6) is 0 Å². The average Bonchev–Trinajstić information content (AvgIpc) is 3.06. The number of nitrogens with zero attached hydrogens (tertiary/aromatic N) is 1. The number of carbonyl (C=O) groups excluding carboxylic acids is 2. The van der Waals surface area contributed by atoms with Crippen LogP contribution in [0.25, 0.3) is 6.08 Å². The lowest BCUT2D eigenvalue weighted by Gasteiger charge is -2.14. The van der Waals surface area contributed by atoms with E-state index in [9.17, 15) is 9.59 Å². The number of halogens is 2. The fraction of sp³-hybridized carbons (Fsp3) is 0.0667. The third-order valence-corrected chi connectivity index (χ3v) is 4.68. The molecule has 0 N–H and O–H groups in total. The Morgan fingerprint density at radius 1 is 1.14 bits per heavy atom. The second-order valence-corrected chi connectivity index (χ2v) is 6.29. The molecular formula is C15H9Cl2NO3S. The molecule has 1 fully saturated rings. The molecule has 7 heteroatoms. The molecule has 2 amide bonds. The molecule has 0 unspecified atom stereocenters. The molecule has 0 bridgehead atoms. The van der Waals surface area contributed by atoms with Gasteiger partial charge < -0.3 is 4.42 Å². The van der Waals surface area contributed by atoms with E-state index in [2.05, 4.69) is 0 Å². The molecule has 112 valence electrons. The Hall–Kier alpha value is -1.69. The number of benzene rings is 1. The van der Waals surface area contributed by atoms with Crippen LogP contribution in [-0.4, -0.2) is 16.0 Å². The van der Waals surface area contributed by atoms with Crippen molar-refractivity contribution in [2.45, 2.75) is 6.54 Å². The van der Waals surface area contributed by atoms with E-state index in [1.54, 1.807) is 36.4 Å². The van der Waals surface area contributed by atoms with E-state index in [1.165, 1.54) is 6.26 Å². The molecule has 4 nitrogen and oxygen atoms in total. The highest BCUT2D eigenvalue weighted by molar-refractivity contribution is 8.18. The molecular weight excluding hydrogens is 345 g/mol. The van der Waals surface area contributed by atoms with Crippen LogP contribution < -0.4 is 0 Å². The van der Waals surface area contributed by atoms with Gasteiger partial charge >= 0.3 is 0 Å². The van der Waals surface area contributed by atoms with Gasteiger partial charge in [-0.15, -0.1) is 0 Å². The predicted octanol–water partition coefficient (Wildman–Crippen LogP) is 4.82. The van der Waals surface area contributed by atoms with Crippen LogP contribution in [0.2, 0.25) is 10.0 Å². The summed E-state index contributed by atoms with van der Waals surface area (Å²) in [4.78, 5) is 25.8. The Labute approximate surface area is 140 Å². The van der Waals surface area contributed by atoms with Crippen molar-refractivity contribution in [1.82, 2.24) is 4.90 Å². The Morgan fingerprint density at radius 3 is 2.50 bits per heavy atom. The summed E-state index contributed by atoms with van der Waals surface area (Å²) in [5.74, 6) is 0.128. The number of hydrogen-bond donors (Lipinski definition) is 0. The summed E-state index contributed by atoms with van der Waals surface area (Å²) in [5.41, 5.74) is 0.549. The lowest BCUT2D eigenvalue weighted by atomic mass is 10.2. The quantitative estimate of drug-likeness (QED) is 0.742. The van der Waals surface area contributed by atoms with Gasteiger partial charge in [-0.25, -0.2) is 0 Å². The standard InChI is InChI=1S/C15H9Cl2NO3S/c16-11-4-1-5-12(17)10(11)8-18-14(19)13(22-15(18)20)7-9-3-2-6-21-9/h1-7H,8H2. The molecule has 0 atom stereocenters. The first-order chi connectivity index (χ1) is 10.6. The van der Waals surface area contributed by atoms with E-state index in [0.29, 0.717) is 26.3 Å². The summed E-state index contributed by atoms with van der Waals surface area (Å²) < 4.78 is 5.16. The van der Waals surface area contributed by atoms with Crippen molar-refractivity contribution in [2.24, 2.45) is 0 Å². The van der Waals surface area contributed by atoms with Crippen LogP contribution in [0.3, 0.4) is 0 Å². The van der Waals surface area contributed by atoms with Gasteiger partial charge in [0.2, 0.25) is 0 Å². The monoisotopic (exact) mass is 353 g/mol. The lowest BCUT2D eigenvalue weighted by Crippen LogP contribution is -2.27. The summed E-state index contributed by atoms with van der Waals surface area (Å²) in [6.07, 6.45) is 3.04. The normalized spacial score (nSPS) is 16.8. The third-order valence-electron chi connectivity index (χ3n) is 3.07. The molecule has 22 heavy (non-hydrogen) atoms. The third kappa shape index (κ3) is 2.92. The van der Waals surface area contributed by atoms with E-state index in [-0.39, 0.29) is 17.7 Å². The minimum absolute atomic E-state index is 0.0403. The van der Waals surface area contributed by atoms with Crippen molar-refractivity contribution in [2.75, 3.05) is 0 Å². The largest absolute Gasteiger partial charge is 0.465 e. The van der Waals surface area contributed by atoms with Crippen LogP contribution >= 0.6 is 35.0 Å². The number of hydrogen-bond acceptors (Lipinski definition) is 4. The fourth-order valence-corrected chi connectivity index (χ4v) is 3.32. The molecule has 0 radical (unpaired) electrons. The van der Waals surface area contributed by atoms with Crippen LogP contribution in [-0.2, 0) is 11.3 Å². The van der Waals surface area contributed by atoms with Crippen molar-refractivity contribution in [1.29, 1.82) is 0 Å². The summed E-state index contributed by atoms with van der Waals surface area (Å²) in [6, 6.07) is 8.46. The summed E-state index contributed by atoms with van der Waals surface area (Å²) in [6.45, 7) is 0.0403. The zero-order valence-corrected chi connectivity index (χ0v) is 13.4. The van der Waals surface area contributed by atoms with Gasteiger partial charge in [0, 0.05) is 21.7 Å². The molecule has 1 aromatic heterocycles. The first kappa shape index (κ1) is 15.2. The van der Waals surface area contributed by atoms with E-state index >= 15 is 0 Å². The van der Waals surface area contributed by atoms with Gasteiger partial charge in [-0.3, -0.25) is 14.5 Å². The van der Waals surface area contributed by atoms with Crippen LogP contribution in [0, 0.1) is 0 Å². The SMILES string of the molecule is O=C1SC(=Cc2ccco2)C(=O)N1Cc1c(Cl)cccc1Cl. The molecule has 1 aliphatic rings. The van der Waals surface area contributed by atoms with E-state index in [1.807, 2.05) is 0 Å².